The molecule has 0 aromatic heterocycles. The molecule has 0 bridgehead atoms. The van der Waals surface area contributed by atoms with Gasteiger partial charge in [0.2, 0.25) is 5.91 Å². The highest BCUT2D eigenvalue weighted by atomic mass is 19.1. The molecule has 2 N–H and O–H groups in total. The van der Waals surface area contributed by atoms with Gasteiger partial charge < -0.3 is 20.3 Å². The Morgan fingerprint density at radius 3 is 2.58 bits per heavy atom. The van der Waals surface area contributed by atoms with Gasteiger partial charge in [-0.05, 0) is 18.2 Å². The summed E-state index contributed by atoms with van der Waals surface area (Å²) in [5.74, 6) is -0.794. The third-order valence-electron chi connectivity index (χ3n) is 4.24. The molecule has 0 radical (unpaired) electrons. The number of ether oxygens (including phenoxy) is 1. The third-order valence-corrected chi connectivity index (χ3v) is 4.24. The molecule has 2 fully saturated rings. The lowest BCUT2D eigenvalue weighted by atomic mass is 10.1. The molecule has 2 aliphatic heterocycles. The lowest BCUT2D eigenvalue weighted by molar-refractivity contribution is -0.114. The van der Waals surface area contributed by atoms with Crippen molar-refractivity contribution in [2.24, 2.45) is 0 Å². The van der Waals surface area contributed by atoms with Crippen LogP contribution in [0.15, 0.2) is 18.2 Å². The fraction of sp³-hybridized carbons (Fsp3) is 0.500. The molecule has 0 atom stereocenters. The van der Waals surface area contributed by atoms with Crippen LogP contribution in [0.3, 0.4) is 0 Å². The van der Waals surface area contributed by atoms with Gasteiger partial charge in [-0.1, -0.05) is 0 Å². The number of carbonyl (C=O) groups excluding carboxylic acids is 2. The van der Waals surface area contributed by atoms with Crippen LogP contribution in [0.4, 0.5) is 20.6 Å². The Balaban J connectivity index is 1.55. The highest BCUT2D eigenvalue weighted by Gasteiger charge is 2.35. The van der Waals surface area contributed by atoms with Crippen LogP contribution in [-0.2, 0) is 9.53 Å². The summed E-state index contributed by atoms with van der Waals surface area (Å²) in [4.78, 5) is 27.2. The summed E-state index contributed by atoms with van der Waals surface area (Å²) < 4.78 is 19.2. The standard InChI is InChI=1S/C16H21FN4O3/c1-11(22)18-12-2-3-14(17)15(8-12)19-16(23)21-9-13(10-21)20-4-6-24-7-5-20/h2-3,8,13H,4-7,9-10H2,1H3,(H,18,22)(H,19,23). The maximum atomic E-state index is 13.9. The zero-order valence-corrected chi connectivity index (χ0v) is 13.5. The van der Waals surface area contributed by atoms with Crippen molar-refractivity contribution in [3.8, 4) is 0 Å². The van der Waals surface area contributed by atoms with Crippen LogP contribution >= 0.6 is 0 Å². The van der Waals surface area contributed by atoms with Crippen LogP contribution in [0.25, 0.3) is 0 Å². The van der Waals surface area contributed by atoms with Gasteiger partial charge in [0.1, 0.15) is 5.82 Å². The van der Waals surface area contributed by atoms with Gasteiger partial charge in [0.05, 0.1) is 18.9 Å². The molecule has 24 heavy (non-hydrogen) atoms. The van der Waals surface area contributed by atoms with Gasteiger partial charge in [-0.3, -0.25) is 9.69 Å². The molecule has 0 saturated carbocycles. The molecular weight excluding hydrogens is 315 g/mol. The minimum absolute atomic E-state index is 0.0565. The number of likely N-dealkylation sites (tertiary alicyclic amines) is 1. The van der Waals surface area contributed by atoms with Crippen LogP contribution in [0.2, 0.25) is 0 Å². The molecule has 3 rings (SSSR count). The number of rotatable bonds is 3. The van der Waals surface area contributed by atoms with E-state index in [2.05, 4.69) is 15.5 Å². The lowest BCUT2D eigenvalue weighted by Crippen LogP contribution is -2.63. The van der Waals surface area contributed by atoms with Crippen molar-refractivity contribution in [3.63, 3.8) is 0 Å². The van der Waals surface area contributed by atoms with Gasteiger partial charge in [-0.15, -0.1) is 0 Å². The Morgan fingerprint density at radius 2 is 1.92 bits per heavy atom. The molecule has 0 aliphatic carbocycles. The second-order valence-electron chi connectivity index (χ2n) is 6.01. The normalized spacial score (nSPS) is 18.8. The number of hydrogen-bond donors (Lipinski definition) is 2. The first-order valence-corrected chi connectivity index (χ1v) is 7.98. The van der Waals surface area contributed by atoms with Crippen LogP contribution in [-0.4, -0.2) is 67.2 Å². The molecule has 2 aliphatic rings. The lowest BCUT2D eigenvalue weighted by Gasteiger charge is -2.46. The van der Waals surface area contributed by atoms with E-state index < -0.39 is 5.82 Å². The van der Waals surface area contributed by atoms with E-state index in [-0.39, 0.29) is 17.6 Å². The van der Waals surface area contributed by atoms with E-state index in [9.17, 15) is 14.0 Å². The van der Waals surface area contributed by atoms with E-state index in [4.69, 9.17) is 4.74 Å². The average Bonchev–Trinajstić information content (AvgIpc) is 2.50. The first kappa shape index (κ1) is 16.7. The molecule has 3 amide bonds. The number of morpholine rings is 1. The Morgan fingerprint density at radius 1 is 1.21 bits per heavy atom. The topological polar surface area (TPSA) is 73.9 Å². The van der Waals surface area contributed by atoms with Crippen molar-refractivity contribution < 1.29 is 18.7 Å². The maximum absolute atomic E-state index is 13.9. The second-order valence-corrected chi connectivity index (χ2v) is 6.01. The average molecular weight is 336 g/mol. The van der Waals surface area contributed by atoms with Crippen molar-refractivity contribution in [2.75, 3.05) is 50.0 Å². The van der Waals surface area contributed by atoms with Gasteiger partial charge in [-0.25, -0.2) is 9.18 Å². The number of halogens is 1. The van der Waals surface area contributed by atoms with E-state index in [1.54, 1.807) is 4.90 Å². The Bertz CT molecular complexity index is 628. The minimum atomic E-state index is -0.539. The maximum Gasteiger partial charge on any atom is 0.322 e. The smallest absolute Gasteiger partial charge is 0.322 e. The molecule has 8 heteroatoms. The number of anilines is 2. The van der Waals surface area contributed by atoms with Crippen molar-refractivity contribution in [1.82, 2.24) is 9.80 Å². The van der Waals surface area contributed by atoms with Crippen LogP contribution < -0.4 is 10.6 Å². The number of hydrogen-bond acceptors (Lipinski definition) is 4. The molecule has 0 spiro atoms. The van der Waals surface area contributed by atoms with Crippen LogP contribution in [0, 0.1) is 5.82 Å². The quantitative estimate of drug-likeness (QED) is 0.873. The molecule has 130 valence electrons. The van der Waals surface area contributed by atoms with Crippen molar-refractivity contribution in [3.05, 3.63) is 24.0 Å². The van der Waals surface area contributed by atoms with E-state index in [1.807, 2.05) is 0 Å². The summed E-state index contributed by atoms with van der Waals surface area (Å²) in [6.45, 7) is 5.83. The Hall–Kier alpha value is -2.19. The zero-order chi connectivity index (χ0) is 17.1. The van der Waals surface area contributed by atoms with Gasteiger partial charge in [0.15, 0.2) is 0 Å². The number of benzene rings is 1. The molecule has 0 unspecified atom stereocenters. The van der Waals surface area contributed by atoms with Crippen LogP contribution in [0.5, 0.6) is 0 Å². The summed E-state index contributed by atoms with van der Waals surface area (Å²) in [5.41, 5.74) is 0.495. The molecule has 2 saturated heterocycles. The van der Waals surface area contributed by atoms with E-state index in [1.165, 1.54) is 25.1 Å². The first-order chi connectivity index (χ1) is 11.5. The first-order valence-electron chi connectivity index (χ1n) is 7.98. The molecule has 1 aromatic carbocycles. The van der Waals surface area contributed by atoms with Gasteiger partial charge in [-0.2, -0.15) is 0 Å². The van der Waals surface area contributed by atoms with Gasteiger partial charge in [0.25, 0.3) is 0 Å². The number of nitrogens with zero attached hydrogens (tertiary/aromatic N) is 2. The highest BCUT2D eigenvalue weighted by Crippen LogP contribution is 2.22. The number of urea groups is 1. The van der Waals surface area contributed by atoms with Gasteiger partial charge in [0, 0.05) is 44.8 Å². The van der Waals surface area contributed by atoms with E-state index in [0.29, 0.717) is 24.8 Å². The summed E-state index contributed by atoms with van der Waals surface area (Å²) in [6, 6.07) is 4.08. The second kappa shape index (κ2) is 7.14. The predicted molar refractivity (Wildman–Crippen MR) is 87.5 cm³/mol. The SMILES string of the molecule is CC(=O)Nc1ccc(F)c(NC(=O)N2CC(N3CCOCC3)C2)c1. The van der Waals surface area contributed by atoms with E-state index >= 15 is 0 Å². The van der Waals surface area contributed by atoms with Gasteiger partial charge >= 0.3 is 6.03 Å². The fourth-order valence-electron chi connectivity index (χ4n) is 2.89. The van der Waals surface area contributed by atoms with Crippen molar-refractivity contribution >= 4 is 23.3 Å². The summed E-state index contributed by atoms with van der Waals surface area (Å²) >= 11 is 0. The van der Waals surface area contributed by atoms with Crippen molar-refractivity contribution in [2.45, 2.75) is 13.0 Å². The molecule has 1 aromatic rings. The Labute approximate surface area is 139 Å². The monoisotopic (exact) mass is 336 g/mol. The third kappa shape index (κ3) is 3.82. The Kier molecular flexibility index (Phi) is 4.96. The predicted octanol–water partition coefficient (Wildman–Crippen LogP) is 1.33. The summed E-state index contributed by atoms with van der Waals surface area (Å²) in [5, 5.41) is 5.13. The molecule has 2 heterocycles. The van der Waals surface area contributed by atoms with E-state index in [0.717, 1.165) is 26.3 Å². The molecular formula is C16H21FN4O3. The largest absolute Gasteiger partial charge is 0.379 e. The number of nitrogens with one attached hydrogen (secondary N) is 2. The van der Waals surface area contributed by atoms with Crippen LogP contribution in [0.1, 0.15) is 6.92 Å². The fourth-order valence-corrected chi connectivity index (χ4v) is 2.89. The highest BCUT2D eigenvalue weighted by molar-refractivity contribution is 5.93. The van der Waals surface area contributed by atoms with Crippen molar-refractivity contribution in [1.29, 1.82) is 0 Å². The summed E-state index contributed by atoms with van der Waals surface area (Å²) in [6.07, 6.45) is 0. The summed E-state index contributed by atoms with van der Waals surface area (Å²) in [7, 11) is 0. The zero-order valence-electron chi connectivity index (χ0n) is 13.5. The number of amides is 3. The molecule has 7 nitrogen and oxygen atoms in total. The number of carbonyl (C=O) groups is 2. The minimum Gasteiger partial charge on any atom is -0.379 e.